The summed E-state index contributed by atoms with van der Waals surface area (Å²) in [5.74, 6) is 0.639. The summed E-state index contributed by atoms with van der Waals surface area (Å²) in [5.41, 5.74) is 0. The van der Waals surface area contributed by atoms with Gasteiger partial charge in [0.05, 0.1) is 12.6 Å². The lowest BCUT2D eigenvalue weighted by molar-refractivity contribution is -0.122. The highest BCUT2D eigenvalue weighted by Gasteiger charge is 2.10. The maximum atomic E-state index is 11.5. The second-order valence-electron chi connectivity index (χ2n) is 3.59. The zero-order valence-electron chi connectivity index (χ0n) is 10.2. The molecule has 0 radical (unpaired) electrons. The second-order valence-corrected chi connectivity index (χ2v) is 5.15. The summed E-state index contributed by atoms with van der Waals surface area (Å²) in [6.07, 6.45) is 2.50. The summed E-state index contributed by atoms with van der Waals surface area (Å²) in [6, 6.07) is -0.220. The van der Waals surface area contributed by atoms with Crippen LogP contribution in [0.25, 0.3) is 0 Å². The summed E-state index contributed by atoms with van der Waals surface area (Å²) in [7, 11) is 0.842. The highest BCUT2D eigenvalue weighted by Crippen LogP contribution is 1.86. The average Bonchev–Trinajstić information content (AvgIpc) is 2.24. The summed E-state index contributed by atoms with van der Waals surface area (Å²) < 4.78 is 15.6. The van der Waals surface area contributed by atoms with E-state index in [0.29, 0.717) is 25.4 Å². The van der Waals surface area contributed by atoms with Gasteiger partial charge in [0, 0.05) is 36.5 Å². The molecule has 16 heavy (non-hydrogen) atoms. The van der Waals surface area contributed by atoms with E-state index in [1.807, 2.05) is 6.92 Å². The third kappa shape index (κ3) is 8.82. The van der Waals surface area contributed by atoms with Crippen LogP contribution in [-0.4, -0.2) is 55.0 Å². The van der Waals surface area contributed by atoms with Crippen LogP contribution in [0.15, 0.2) is 0 Å². The fraction of sp³-hybridized carbons (Fsp3) is 0.900. The van der Waals surface area contributed by atoms with Gasteiger partial charge >= 0.3 is 0 Å². The molecule has 0 aromatic heterocycles. The first kappa shape index (κ1) is 15.5. The zero-order valence-corrected chi connectivity index (χ0v) is 11.1. The topological polar surface area (TPSA) is 67.4 Å². The van der Waals surface area contributed by atoms with Gasteiger partial charge in [-0.2, -0.15) is 0 Å². The van der Waals surface area contributed by atoms with E-state index in [4.69, 9.17) is 4.74 Å². The highest BCUT2D eigenvalue weighted by atomic mass is 32.2. The first-order chi connectivity index (χ1) is 7.57. The number of methoxy groups -OCH3 is 1. The molecule has 0 aromatic rings. The van der Waals surface area contributed by atoms with Gasteiger partial charge in [-0.1, -0.05) is 0 Å². The molecule has 0 rings (SSSR count). The molecular formula is C10H22N2O3S. The summed E-state index contributed by atoms with van der Waals surface area (Å²) in [5, 5.41) is 5.82. The van der Waals surface area contributed by atoms with Crippen LogP contribution >= 0.6 is 0 Å². The van der Waals surface area contributed by atoms with Crippen molar-refractivity contribution >= 4 is 16.7 Å². The molecule has 0 heterocycles. The Labute approximate surface area is 99.8 Å². The molecule has 0 saturated carbocycles. The normalized spacial score (nSPS) is 14.4. The van der Waals surface area contributed by atoms with E-state index in [1.165, 1.54) is 0 Å². The minimum atomic E-state index is -0.754. The lowest BCUT2D eigenvalue weighted by atomic mass is 10.3. The minimum absolute atomic E-state index is 0.0327. The van der Waals surface area contributed by atoms with E-state index in [0.717, 1.165) is 6.42 Å². The van der Waals surface area contributed by atoms with Crippen molar-refractivity contribution < 1.29 is 13.7 Å². The number of carbonyl (C=O) groups excluding carboxylic acids is 1. The summed E-state index contributed by atoms with van der Waals surface area (Å²) in [6.45, 7) is 3.57. The van der Waals surface area contributed by atoms with E-state index in [2.05, 4.69) is 10.6 Å². The van der Waals surface area contributed by atoms with Crippen molar-refractivity contribution in [3.05, 3.63) is 0 Å². The van der Waals surface area contributed by atoms with Gasteiger partial charge in [-0.05, 0) is 19.9 Å². The van der Waals surface area contributed by atoms with Crippen LogP contribution in [0.1, 0.15) is 13.3 Å². The van der Waals surface area contributed by atoms with Crippen LogP contribution in [-0.2, 0) is 20.3 Å². The average molecular weight is 250 g/mol. The molecule has 0 saturated heterocycles. The quantitative estimate of drug-likeness (QED) is 0.541. The highest BCUT2D eigenvalue weighted by molar-refractivity contribution is 7.84. The number of nitrogens with one attached hydrogen (secondary N) is 2. The van der Waals surface area contributed by atoms with E-state index >= 15 is 0 Å². The lowest BCUT2D eigenvalue weighted by Gasteiger charge is -2.13. The van der Waals surface area contributed by atoms with Gasteiger partial charge in [0.25, 0.3) is 0 Å². The first-order valence-electron chi connectivity index (χ1n) is 5.38. The Bertz CT molecular complexity index is 224. The van der Waals surface area contributed by atoms with Crippen LogP contribution in [0.5, 0.6) is 0 Å². The number of carbonyl (C=O) groups is 1. The maximum Gasteiger partial charge on any atom is 0.236 e. The lowest BCUT2D eigenvalue weighted by Crippen LogP contribution is -2.43. The Balaban J connectivity index is 3.51. The Kier molecular flexibility index (Phi) is 9.46. The molecule has 2 N–H and O–H groups in total. The second kappa shape index (κ2) is 9.74. The molecule has 96 valence electrons. The molecule has 6 heteroatoms. The molecule has 5 nitrogen and oxygen atoms in total. The number of hydrogen-bond donors (Lipinski definition) is 2. The van der Waals surface area contributed by atoms with Gasteiger partial charge < -0.3 is 15.4 Å². The number of hydrogen-bond acceptors (Lipinski definition) is 4. The molecule has 0 aliphatic heterocycles. The van der Waals surface area contributed by atoms with Gasteiger partial charge in [-0.25, -0.2) is 0 Å². The van der Waals surface area contributed by atoms with Crippen molar-refractivity contribution in [1.29, 1.82) is 0 Å². The number of ether oxygens (including phenoxy) is 1. The molecule has 2 atom stereocenters. The van der Waals surface area contributed by atoms with E-state index in [-0.39, 0.29) is 11.9 Å². The molecular weight excluding hydrogens is 228 g/mol. The van der Waals surface area contributed by atoms with Crippen molar-refractivity contribution in [3.63, 3.8) is 0 Å². The molecule has 1 amide bonds. The third-order valence-corrected chi connectivity index (χ3v) is 2.92. The fourth-order valence-electron chi connectivity index (χ4n) is 1.12. The van der Waals surface area contributed by atoms with E-state index in [9.17, 15) is 9.00 Å². The molecule has 0 bridgehead atoms. The monoisotopic (exact) mass is 250 g/mol. The van der Waals surface area contributed by atoms with Gasteiger partial charge in [-0.3, -0.25) is 9.00 Å². The molecule has 2 unspecified atom stereocenters. The standard InChI is InChI=1S/C10H22N2O3S/c1-9(10(13)12-6-7-15-2)11-5-4-8-16(3)14/h9,11H,4-8H2,1-3H3,(H,12,13). The van der Waals surface area contributed by atoms with Crippen LogP contribution in [0.2, 0.25) is 0 Å². The minimum Gasteiger partial charge on any atom is -0.383 e. The Morgan fingerprint density at radius 2 is 2.12 bits per heavy atom. The van der Waals surface area contributed by atoms with Crippen LogP contribution in [0.3, 0.4) is 0 Å². The Morgan fingerprint density at radius 1 is 1.44 bits per heavy atom. The first-order valence-corrected chi connectivity index (χ1v) is 7.10. The predicted molar refractivity (Wildman–Crippen MR) is 65.9 cm³/mol. The van der Waals surface area contributed by atoms with Gasteiger partial charge in [0.15, 0.2) is 0 Å². The van der Waals surface area contributed by atoms with Crippen molar-refractivity contribution in [2.75, 3.05) is 38.8 Å². The summed E-state index contributed by atoms with van der Waals surface area (Å²) in [4.78, 5) is 11.5. The van der Waals surface area contributed by atoms with Crippen molar-refractivity contribution in [2.45, 2.75) is 19.4 Å². The zero-order chi connectivity index (χ0) is 12.4. The summed E-state index contributed by atoms with van der Waals surface area (Å²) >= 11 is 0. The Hall–Kier alpha value is -0.460. The van der Waals surface area contributed by atoms with E-state index in [1.54, 1.807) is 13.4 Å². The smallest absolute Gasteiger partial charge is 0.236 e. The SMILES string of the molecule is COCCNC(=O)C(C)NCCCS(C)=O. The molecule has 0 aliphatic rings. The number of rotatable bonds is 9. The molecule has 0 spiro atoms. The van der Waals surface area contributed by atoms with Gasteiger partial charge in [0.2, 0.25) is 5.91 Å². The predicted octanol–water partition coefficient (Wildman–Crippen LogP) is -0.504. The van der Waals surface area contributed by atoms with Gasteiger partial charge in [-0.15, -0.1) is 0 Å². The fourth-order valence-corrected chi connectivity index (χ4v) is 1.67. The number of amides is 1. The van der Waals surface area contributed by atoms with Crippen LogP contribution in [0, 0.1) is 0 Å². The largest absolute Gasteiger partial charge is 0.383 e. The third-order valence-electron chi connectivity index (χ3n) is 2.06. The van der Waals surface area contributed by atoms with Crippen LogP contribution < -0.4 is 10.6 Å². The van der Waals surface area contributed by atoms with Crippen molar-refractivity contribution in [1.82, 2.24) is 10.6 Å². The molecule has 0 fully saturated rings. The molecule has 0 aromatic carbocycles. The Morgan fingerprint density at radius 3 is 2.69 bits per heavy atom. The van der Waals surface area contributed by atoms with E-state index < -0.39 is 10.8 Å². The van der Waals surface area contributed by atoms with Crippen molar-refractivity contribution in [3.8, 4) is 0 Å². The van der Waals surface area contributed by atoms with Gasteiger partial charge in [0.1, 0.15) is 0 Å². The molecule has 0 aliphatic carbocycles. The maximum absolute atomic E-state index is 11.5. The van der Waals surface area contributed by atoms with Crippen molar-refractivity contribution in [2.24, 2.45) is 0 Å². The van der Waals surface area contributed by atoms with Crippen LogP contribution in [0.4, 0.5) is 0 Å².